The van der Waals surface area contributed by atoms with E-state index in [2.05, 4.69) is 12.6 Å². The second-order valence-corrected chi connectivity index (χ2v) is 2.71. The highest BCUT2D eigenvalue weighted by Gasteiger charge is 2.05. The number of benzene rings is 1. The Hall–Kier alpha value is -1.08. The summed E-state index contributed by atoms with van der Waals surface area (Å²) in [5.74, 6) is 0. The molecule has 1 rings (SSSR count). The van der Waals surface area contributed by atoms with E-state index in [1.807, 2.05) is 31.2 Å². The molecular formula is C11H14O. The lowest BCUT2D eigenvalue weighted by molar-refractivity contribution is 0.119. The molecule has 1 aromatic rings. The molecule has 1 atom stereocenters. The third-order valence-electron chi connectivity index (χ3n) is 2.01. The first-order valence-corrected chi connectivity index (χ1v) is 4.03. The van der Waals surface area contributed by atoms with E-state index in [1.54, 1.807) is 7.11 Å². The summed E-state index contributed by atoms with van der Waals surface area (Å²) in [5, 5.41) is 0. The second-order valence-electron chi connectivity index (χ2n) is 2.71. The van der Waals surface area contributed by atoms with E-state index in [9.17, 15) is 0 Å². The summed E-state index contributed by atoms with van der Waals surface area (Å²) in [4.78, 5) is 0. The number of hydrogen-bond acceptors (Lipinski definition) is 1. The van der Waals surface area contributed by atoms with Crippen LogP contribution in [0.4, 0.5) is 0 Å². The van der Waals surface area contributed by atoms with Gasteiger partial charge in [-0.1, -0.05) is 36.9 Å². The molecule has 0 bridgehead atoms. The minimum absolute atomic E-state index is 0.138. The fraction of sp³-hybridized carbons (Fsp3) is 0.273. The molecule has 1 nitrogen and oxygen atoms in total. The first-order valence-electron chi connectivity index (χ1n) is 4.03. The van der Waals surface area contributed by atoms with Crippen LogP contribution >= 0.6 is 0 Å². The van der Waals surface area contributed by atoms with E-state index in [-0.39, 0.29) is 6.10 Å². The summed E-state index contributed by atoms with van der Waals surface area (Å²) in [6.45, 7) is 5.78. The second kappa shape index (κ2) is 4.07. The Morgan fingerprint density at radius 1 is 1.42 bits per heavy atom. The SMILES string of the molecule is C=Cc1ccccc1C(C)OC. The molecule has 12 heavy (non-hydrogen) atoms. The van der Waals surface area contributed by atoms with Crippen molar-refractivity contribution in [1.82, 2.24) is 0 Å². The van der Waals surface area contributed by atoms with Crippen molar-refractivity contribution >= 4 is 6.08 Å². The van der Waals surface area contributed by atoms with Crippen molar-refractivity contribution in [2.75, 3.05) is 7.11 Å². The van der Waals surface area contributed by atoms with Gasteiger partial charge in [-0.25, -0.2) is 0 Å². The number of ether oxygens (including phenoxy) is 1. The van der Waals surface area contributed by atoms with Crippen LogP contribution in [-0.4, -0.2) is 7.11 Å². The Kier molecular flexibility index (Phi) is 3.06. The Balaban J connectivity index is 3.04. The first-order chi connectivity index (χ1) is 5.79. The zero-order valence-corrected chi connectivity index (χ0v) is 7.58. The summed E-state index contributed by atoms with van der Waals surface area (Å²) < 4.78 is 5.23. The van der Waals surface area contributed by atoms with Crippen molar-refractivity contribution < 1.29 is 4.74 Å². The molecule has 0 N–H and O–H groups in total. The fourth-order valence-corrected chi connectivity index (χ4v) is 1.19. The van der Waals surface area contributed by atoms with Gasteiger partial charge in [0, 0.05) is 7.11 Å². The van der Waals surface area contributed by atoms with Gasteiger partial charge in [0.25, 0.3) is 0 Å². The van der Waals surface area contributed by atoms with Crippen LogP contribution in [0.25, 0.3) is 6.08 Å². The predicted octanol–water partition coefficient (Wildman–Crippen LogP) is 3.04. The minimum Gasteiger partial charge on any atom is -0.377 e. The molecule has 0 saturated carbocycles. The highest BCUT2D eigenvalue weighted by atomic mass is 16.5. The molecule has 0 fully saturated rings. The van der Waals surface area contributed by atoms with Gasteiger partial charge < -0.3 is 4.74 Å². The molecule has 0 amide bonds. The average molecular weight is 162 g/mol. The Morgan fingerprint density at radius 3 is 2.67 bits per heavy atom. The monoisotopic (exact) mass is 162 g/mol. The Morgan fingerprint density at radius 2 is 2.08 bits per heavy atom. The number of hydrogen-bond donors (Lipinski definition) is 0. The topological polar surface area (TPSA) is 9.23 Å². The van der Waals surface area contributed by atoms with Gasteiger partial charge in [-0.05, 0) is 18.1 Å². The molecule has 0 heterocycles. The van der Waals surface area contributed by atoms with Gasteiger partial charge in [-0.3, -0.25) is 0 Å². The molecule has 0 aliphatic heterocycles. The molecule has 0 aliphatic carbocycles. The molecule has 0 aromatic heterocycles. The molecule has 0 spiro atoms. The van der Waals surface area contributed by atoms with Crippen LogP contribution in [0.2, 0.25) is 0 Å². The maximum atomic E-state index is 5.23. The molecule has 0 saturated heterocycles. The normalized spacial score (nSPS) is 12.5. The van der Waals surface area contributed by atoms with Crippen LogP contribution in [0.1, 0.15) is 24.2 Å². The van der Waals surface area contributed by atoms with Crippen molar-refractivity contribution in [3.8, 4) is 0 Å². The van der Waals surface area contributed by atoms with Crippen LogP contribution < -0.4 is 0 Å². The third kappa shape index (κ3) is 1.74. The van der Waals surface area contributed by atoms with Gasteiger partial charge in [-0.15, -0.1) is 0 Å². The average Bonchev–Trinajstić information content (AvgIpc) is 2.16. The molecule has 1 heteroatoms. The summed E-state index contributed by atoms with van der Waals surface area (Å²) in [6, 6.07) is 8.11. The highest BCUT2D eigenvalue weighted by molar-refractivity contribution is 5.52. The van der Waals surface area contributed by atoms with Gasteiger partial charge in [0.2, 0.25) is 0 Å². The van der Waals surface area contributed by atoms with E-state index in [1.165, 1.54) is 5.56 Å². The zero-order chi connectivity index (χ0) is 8.97. The van der Waals surface area contributed by atoms with E-state index in [0.29, 0.717) is 0 Å². The maximum Gasteiger partial charge on any atom is 0.0798 e. The van der Waals surface area contributed by atoms with Gasteiger partial charge in [0.15, 0.2) is 0 Å². The van der Waals surface area contributed by atoms with E-state index in [0.717, 1.165) is 5.56 Å². The molecular weight excluding hydrogens is 148 g/mol. The molecule has 0 radical (unpaired) electrons. The Bertz CT molecular complexity index is 265. The smallest absolute Gasteiger partial charge is 0.0798 e. The molecule has 0 aliphatic rings. The summed E-state index contributed by atoms with van der Waals surface area (Å²) in [7, 11) is 1.71. The minimum atomic E-state index is 0.138. The van der Waals surface area contributed by atoms with Crippen molar-refractivity contribution in [2.45, 2.75) is 13.0 Å². The lowest BCUT2D eigenvalue weighted by Gasteiger charge is -2.12. The maximum absolute atomic E-state index is 5.23. The third-order valence-corrected chi connectivity index (χ3v) is 2.01. The van der Waals surface area contributed by atoms with Crippen LogP contribution in [-0.2, 0) is 4.74 Å². The zero-order valence-electron chi connectivity index (χ0n) is 7.58. The fourth-order valence-electron chi connectivity index (χ4n) is 1.19. The predicted molar refractivity (Wildman–Crippen MR) is 52.0 cm³/mol. The highest BCUT2D eigenvalue weighted by Crippen LogP contribution is 2.20. The standard InChI is InChI=1S/C11H14O/c1-4-10-7-5-6-8-11(10)9(2)12-3/h4-9H,1H2,2-3H3. The van der Waals surface area contributed by atoms with Gasteiger partial charge >= 0.3 is 0 Å². The lowest BCUT2D eigenvalue weighted by atomic mass is 10.0. The molecule has 1 aromatic carbocycles. The number of rotatable bonds is 3. The van der Waals surface area contributed by atoms with Crippen molar-refractivity contribution in [3.63, 3.8) is 0 Å². The molecule has 1 unspecified atom stereocenters. The van der Waals surface area contributed by atoms with Crippen LogP contribution in [0.15, 0.2) is 30.8 Å². The Labute approximate surface area is 73.7 Å². The van der Waals surface area contributed by atoms with E-state index >= 15 is 0 Å². The lowest BCUT2D eigenvalue weighted by Crippen LogP contribution is -1.97. The summed E-state index contributed by atoms with van der Waals surface area (Å²) >= 11 is 0. The number of methoxy groups -OCH3 is 1. The van der Waals surface area contributed by atoms with Gasteiger partial charge in [0.1, 0.15) is 0 Å². The van der Waals surface area contributed by atoms with Crippen molar-refractivity contribution in [1.29, 1.82) is 0 Å². The van der Waals surface area contributed by atoms with Crippen LogP contribution in [0.5, 0.6) is 0 Å². The van der Waals surface area contributed by atoms with Gasteiger partial charge in [-0.2, -0.15) is 0 Å². The van der Waals surface area contributed by atoms with Crippen LogP contribution in [0.3, 0.4) is 0 Å². The summed E-state index contributed by atoms with van der Waals surface area (Å²) in [5.41, 5.74) is 2.34. The quantitative estimate of drug-likeness (QED) is 0.663. The van der Waals surface area contributed by atoms with Gasteiger partial charge in [0.05, 0.1) is 6.10 Å². The van der Waals surface area contributed by atoms with Crippen LogP contribution in [0, 0.1) is 0 Å². The van der Waals surface area contributed by atoms with Crippen molar-refractivity contribution in [2.24, 2.45) is 0 Å². The van der Waals surface area contributed by atoms with E-state index < -0.39 is 0 Å². The van der Waals surface area contributed by atoms with Crippen molar-refractivity contribution in [3.05, 3.63) is 42.0 Å². The summed E-state index contributed by atoms with van der Waals surface area (Å²) in [6.07, 6.45) is 1.99. The largest absolute Gasteiger partial charge is 0.377 e. The first kappa shape index (κ1) is 9.01. The molecule has 64 valence electrons. The van der Waals surface area contributed by atoms with E-state index in [4.69, 9.17) is 4.74 Å².